The molecule has 4 bridgehead atoms. The highest BCUT2D eigenvalue weighted by Crippen LogP contribution is 2.40. The molecular formula is C63H92F6N12O28. The molecule has 1 aromatic carbocycles. The number of non-ortho nitro benzene ring substituents is 1. The number of aliphatic hydroxyl groups excluding tert-OH is 4. The average molecular weight is 1580 g/mol. The third-order valence-corrected chi connectivity index (χ3v) is 16.2. The lowest BCUT2D eigenvalue weighted by Crippen LogP contribution is -2.64. The first-order chi connectivity index (χ1) is 52.4. The normalized spacial score (nSPS) is 22.4. The number of rotatable bonds is 57. The number of alkyl halides is 6. The predicted molar refractivity (Wildman–Crippen MR) is 356 cm³/mol. The number of hydrogen-bond donors (Lipinski definition) is 10. The van der Waals surface area contributed by atoms with E-state index in [0.29, 0.717) is 12.1 Å². The van der Waals surface area contributed by atoms with Crippen LogP contribution in [-0.2, 0) is 107 Å². The van der Waals surface area contributed by atoms with Crippen LogP contribution in [0.4, 0.5) is 55.3 Å². The molecule has 6 heterocycles. The van der Waals surface area contributed by atoms with Crippen LogP contribution in [0.1, 0.15) is 24.2 Å². The number of anilines is 3. The largest absolute Gasteiger partial charge is 0.433 e. The van der Waals surface area contributed by atoms with Crippen LogP contribution >= 0.6 is 0 Å². The number of nitro benzene ring substituents is 2. The molecule has 10 N–H and O–H groups in total. The monoisotopic (exact) mass is 1580 g/mol. The van der Waals surface area contributed by atoms with Gasteiger partial charge < -0.3 is 133 Å². The lowest BCUT2D eigenvalue weighted by Gasteiger charge is -2.42. The Morgan fingerprint density at radius 1 is 0.514 bits per heavy atom. The standard InChI is InChI=1S/C63H92F6N12O28/c64-62(65,66)45-3-7-73-58(76-45)78-50-52(85)54(87)60(39-106-56(50)108-60)37-104-31-28-99-25-23-96-20-18-94-15-10-71-47(82)5-12-101-34-41(75-49(84)36-103-30-27-98-22-17-93-14-9-70-43-2-1-42(80(89)90)33-44(43)81(91)92)35-102-13-6-48(83)72-11-16-95-19-21-97-24-26-100-29-32-105-38-61-40-107-57(109-61)51(53(86)55(61)88)79-59-74-8-4-46(77-59)63(67,68)69/h1-4,7-8,33,41,50-57,70,85-88H,5-6,9-32,34-40H2,(H,71,82)(H,72,83)(H,75,84)(H,73,76,78)(H,74,77,79)/t50-,51-,52-,53-,54-,55-,56+,57+,60+,61+/m1/s1. The number of aromatic nitrogens is 4. The van der Waals surface area contributed by atoms with Crippen molar-refractivity contribution in [3.63, 3.8) is 0 Å². The van der Waals surface area contributed by atoms with Crippen molar-refractivity contribution in [2.45, 2.75) is 91.5 Å². The van der Waals surface area contributed by atoms with E-state index in [9.17, 15) is 81.4 Å². The van der Waals surface area contributed by atoms with Gasteiger partial charge in [0.2, 0.25) is 29.6 Å². The van der Waals surface area contributed by atoms with E-state index < -0.39 is 129 Å². The van der Waals surface area contributed by atoms with E-state index in [4.69, 9.17) is 80.5 Å². The fourth-order valence-electron chi connectivity index (χ4n) is 10.6. The van der Waals surface area contributed by atoms with Crippen molar-refractivity contribution in [3.05, 3.63) is 74.3 Å². The van der Waals surface area contributed by atoms with E-state index in [1.807, 2.05) is 0 Å². The van der Waals surface area contributed by atoms with E-state index in [1.165, 1.54) is 6.07 Å². The molecule has 4 aliphatic heterocycles. The summed E-state index contributed by atoms with van der Waals surface area (Å²) in [5, 5.41) is 81.9. The SMILES string of the molecule is O=C(CCOCC(COCCC(=O)NCCOCCOCCOCCOC[C@@]12CO[C@@H](O1)[C@H](Nc1nccc(C(F)(F)F)n1)[C@@H](O)[C@H]2O)NC(=O)COCCOCCOCCNc1ccc([N+](=O)[O-])cc1[N+](=O)[O-])NCCOCCOCCOCCOC[C@@]12CO[C@@H](O1)[C@H](Nc1nccc(C(F)(F)F)n1)[C@@H](O)[C@H]2O. The quantitative estimate of drug-likeness (QED) is 0.0139. The predicted octanol–water partition coefficient (Wildman–Crippen LogP) is -1.10. The van der Waals surface area contributed by atoms with Crippen molar-refractivity contribution >= 4 is 46.7 Å². The number of fused-ring (bicyclic) bond motifs is 4. The fourth-order valence-corrected chi connectivity index (χ4v) is 10.6. The molecule has 614 valence electrons. The number of carbonyl (C=O) groups excluding carboxylic acids is 3. The molecule has 4 saturated heterocycles. The molecule has 0 spiro atoms. The molecule has 109 heavy (non-hydrogen) atoms. The topological polar surface area (TPSA) is 499 Å². The summed E-state index contributed by atoms with van der Waals surface area (Å²) in [7, 11) is 0. The Kier molecular flexibility index (Phi) is 38.0. The van der Waals surface area contributed by atoms with Crippen LogP contribution in [0.3, 0.4) is 0 Å². The van der Waals surface area contributed by atoms with Gasteiger partial charge in [-0.15, -0.1) is 0 Å². The number of aliphatic hydroxyl groups is 4. The number of nitrogens with one attached hydrogen (secondary N) is 6. The fraction of sp³-hybridized carbons (Fsp3) is 0.730. The molecule has 3 amide bonds. The molecule has 7 rings (SSSR count). The van der Waals surface area contributed by atoms with Gasteiger partial charge in [-0.05, 0) is 18.2 Å². The number of nitrogens with zero attached hydrogens (tertiary/aromatic N) is 6. The Morgan fingerprint density at radius 2 is 0.908 bits per heavy atom. The van der Waals surface area contributed by atoms with Gasteiger partial charge in [0.1, 0.15) is 71.4 Å². The summed E-state index contributed by atoms with van der Waals surface area (Å²) in [4.78, 5) is 73.3. The van der Waals surface area contributed by atoms with E-state index >= 15 is 0 Å². The van der Waals surface area contributed by atoms with Gasteiger partial charge >= 0.3 is 12.4 Å². The van der Waals surface area contributed by atoms with Crippen LogP contribution in [0.15, 0.2) is 42.7 Å². The number of amides is 3. The minimum atomic E-state index is -4.73. The van der Waals surface area contributed by atoms with Gasteiger partial charge in [0.25, 0.3) is 11.4 Å². The minimum absolute atomic E-state index is 0.0249. The van der Waals surface area contributed by atoms with Crippen LogP contribution in [0.5, 0.6) is 0 Å². The van der Waals surface area contributed by atoms with Gasteiger partial charge in [0.05, 0.1) is 200 Å². The Bertz CT molecular complexity index is 3080. The van der Waals surface area contributed by atoms with Gasteiger partial charge in [-0.3, -0.25) is 34.6 Å². The lowest BCUT2D eigenvalue weighted by molar-refractivity contribution is -0.393. The summed E-state index contributed by atoms with van der Waals surface area (Å²) in [6.45, 7) is 2.39. The van der Waals surface area contributed by atoms with Crippen LogP contribution in [0.25, 0.3) is 0 Å². The molecule has 0 aliphatic carbocycles. The Morgan fingerprint density at radius 3 is 1.31 bits per heavy atom. The zero-order chi connectivity index (χ0) is 78.5. The summed E-state index contributed by atoms with van der Waals surface area (Å²) in [5.41, 5.74) is -6.07. The molecule has 4 fully saturated rings. The smallest absolute Gasteiger partial charge is 0.388 e. The summed E-state index contributed by atoms with van der Waals surface area (Å²) >= 11 is 0. The first kappa shape index (κ1) is 88.9. The summed E-state index contributed by atoms with van der Waals surface area (Å²) < 4.78 is 174. The third kappa shape index (κ3) is 30.4. The Labute approximate surface area is 618 Å². The van der Waals surface area contributed by atoms with Gasteiger partial charge in [-0.2, -0.15) is 26.3 Å². The van der Waals surface area contributed by atoms with Crippen molar-refractivity contribution < 1.29 is 152 Å². The van der Waals surface area contributed by atoms with E-state index in [-0.39, 0.29) is 235 Å². The first-order valence-corrected chi connectivity index (χ1v) is 34.5. The van der Waals surface area contributed by atoms with E-state index in [0.717, 1.165) is 24.5 Å². The zero-order valence-corrected chi connectivity index (χ0v) is 59.1. The maximum absolute atomic E-state index is 13.1. The average Bonchev–Trinajstić information content (AvgIpc) is 1.59. The third-order valence-electron chi connectivity index (χ3n) is 16.2. The molecule has 0 unspecified atom stereocenters. The van der Waals surface area contributed by atoms with Crippen LogP contribution < -0.4 is 31.9 Å². The Hall–Kier alpha value is -7.27. The number of hydrogen-bond acceptors (Lipinski definition) is 35. The highest BCUT2D eigenvalue weighted by molar-refractivity contribution is 5.77. The van der Waals surface area contributed by atoms with Crippen molar-refractivity contribution in [1.29, 1.82) is 0 Å². The second-order valence-electron chi connectivity index (χ2n) is 24.3. The zero-order valence-electron chi connectivity index (χ0n) is 59.1. The highest BCUT2D eigenvalue weighted by Gasteiger charge is 2.61. The van der Waals surface area contributed by atoms with Crippen LogP contribution in [0, 0.1) is 20.2 Å². The van der Waals surface area contributed by atoms with Crippen LogP contribution in [0.2, 0.25) is 0 Å². The van der Waals surface area contributed by atoms with Crippen molar-refractivity contribution in [3.8, 4) is 0 Å². The molecular weight excluding hydrogens is 1490 g/mol. The Balaban J connectivity index is 0.680. The van der Waals surface area contributed by atoms with Gasteiger partial charge in [0.15, 0.2) is 12.6 Å². The number of nitro groups is 2. The number of benzene rings is 1. The molecule has 40 nitrogen and oxygen atoms in total. The second-order valence-corrected chi connectivity index (χ2v) is 24.3. The molecule has 46 heteroatoms. The van der Waals surface area contributed by atoms with Crippen molar-refractivity contribution in [1.82, 2.24) is 35.9 Å². The maximum atomic E-state index is 13.1. The molecule has 0 saturated carbocycles. The molecule has 4 aliphatic rings. The molecule has 3 aromatic rings. The van der Waals surface area contributed by atoms with Gasteiger partial charge in [-0.1, -0.05) is 0 Å². The second kappa shape index (κ2) is 46.5. The maximum Gasteiger partial charge on any atom is 0.433 e. The van der Waals surface area contributed by atoms with E-state index in [1.54, 1.807) is 0 Å². The number of carbonyl (C=O) groups is 3. The number of ether oxygens (including phenoxy) is 17. The van der Waals surface area contributed by atoms with Crippen LogP contribution in [-0.4, -0.2) is 339 Å². The summed E-state index contributed by atoms with van der Waals surface area (Å²) in [6, 6.07) is 1.51. The molecule has 0 radical (unpaired) electrons. The number of halogens is 6. The minimum Gasteiger partial charge on any atom is -0.388 e. The lowest BCUT2D eigenvalue weighted by atomic mass is 9.88. The first-order valence-electron chi connectivity index (χ1n) is 34.5. The molecule has 10 atom stereocenters. The molecule has 2 aromatic heterocycles. The van der Waals surface area contributed by atoms with Gasteiger partial charge in [-0.25, -0.2) is 19.9 Å². The van der Waals surface area contributed by atoms with Crippen molar-refractivity contribution in [2.24, 2.45) is 0 Å². The highest BCUT2D eigenvalue weighted by atomic mass is 19.4. The summed E-state index contributed by atoms with van der Waals surface area (Å²) in [5.74, 6) is -2.08. The van der Waals surface area contributed by atoms with Crippen molar-refractivity contribution in [2.75, 3.05) is 221 Å². The van der Waals surface area contributed by atoms with E-state index in [2.05, 4.69) is 51.8 Å². The summed E-state index contributed by atoms with van der Waals surface area (Å²) in [6.07, 6.45) is -16.2. The van der Waals surface area contributed by atoms with Gasteiger partial charge in [0, 0.05) is 50.9 Å².